The number of carboxylic acid groups (broad SMARTS) is 1. The van der Waals surface area contributed by atoms with E-state index in [4.69, 9.17) is 4.74 Å². The fraction of sp³-hybridized carbons (Fsp3) is 0.286. The lowest BCUT2D eigenvalue weighted by Gasteiger charge is -2.28. The van der Waals surface area contributed by atoms with E-state index in [1.54, 1.807) is 18.3 Å². The Balaban J connectivity index is 1.89. The standard InChI is InChI=1S/C21H23NO3S/c1-15-12-19(26-14-15)17-7-6-16(2)18(13-17)21(3,20(23)24)25-11-10-22-8-4-5-9-22/h4-9,12-14H,10-11H2,1-3H3,(H,23,24). The molecule has 0 radical (unpaired) electrons. The molecule has 0 aliphatic carbocycles. The largest absolute Gasteiger partial charge is 0.479 e. The molecule has 4 nitrogen and oxygen atoms in total. The molecule has 5 heteroatoms. The van der Waals surface area contributed by atoms with E-state index in [2.05, 4.69) is 18.4 Å². The fourth-order valence-corrected chi connectivity index (χ4v) is 3.90. The zero-order chi connectivity index (χ0) is 18.7. The van der Waals surface area contributed by atoms with Crippen LogP contribution >= 0.6 is 11.3 Å². The Hall–Kier alpha value is -2.37. The van der Waals surface area contributed by atoms with Gasteiger partial charge in [-0.05, 0) is 72.7 Å². The lowest BCUT2D eigenvalue weighted by Crippen LogP contribution is -2.37. The average molecular weight is 369 g/mol. The summed E-state index contributed by atoms with van der Waals surface area (Å²) in [6.07, 6.45) is 3.87. The van der Waals surface area contributed by atoms with Gasteiger partial charge in [0.2, 0.25) is 0 Å². The number of carbonyl (C=O) groups is 1. The summed E-state index contributed by atoms with van der Waals surface area (Å²) in [6.45, 7) is 6.55. The van der Waals surface area contributed by atoms with E-state index < -0.39 is 11.6 Å². The maximum absolute atomic E-state index is 12.1. The second-order valence-electron chi connectivity index (χ2n) is 6.63. The Bertz CT molecular complexity index is 898. The number of aryl methyl sites for hydroxylation is 2. The predicted molar refractivity (Wildman–Crippen MR) is 105 cm³/mol. The highest BCUT2D eigenvalue weighted by molar-refractivity contribution is 7.13. The molecular weight excluding hydrogens is 346 g/mol. The number of rotatable bonds is 7. The van der Waals surface area contributed by atoms with Gasteiger partial charge in [0, 0.05) is 23.8 Å². The van der Waals surface area contributed by atoms with Gasteiger partial charge in [0.25, 0.3) is 0 Å². The second kappa shape index (κ2) is 7.48. The van der Waals surface area contributed by atoms with Gasteiger partial charge < -0.3 is 14.4 Å². The van der Waals surface area contributed by atoms with Crippen LogP contribution in [-0.4, -0.2) is 22.2 Å². The number of nitrogens with zero attached hydrogens (tertiary/aromatic N) is 1. The third-order valence-corrected chi connectivity index (χ3v) is 5.68. The molecule has 136 valence electrons. The summed E-state index contributed by atoms with van der Waals surface area (Å²) in [4.78, 5) is 13.2. The highest BCUT2D eigenvalue weighted by atomic mass is 32.1. The van der Waals surface area contributed by atoms with Gasteiger partial charge >= 0.3 is 5.97 Å². The molecule has 0 amide bonds. The molecule has 1 unspecified atom stereocenters. The first kappa shape index (κ1) is 18.4. The van der Waals surface area contributed by atoms with Crippen molar-refractivity contribution in [2.45, 2.75) is 32.9 Å². The van der Waals surface area contributed by atoms with E-state index in [0.29, 0.717) is 18.7 Å². The first-order valence-electron chi connectivity index (χ1n) is 8.55. The molecule has 1 aromatic carbocycles. The minimum Gasteiger partial charge on any atom is -0.479 e. The van der Waals surface area contributed by atoms with Crippen molar-refractivity contribution in [2.75, 3.05) is 6.61 Å². The number of aromatic nitrogens is 1. The summed E-state index contributed by atoms with van der Waals surface area (Å²) in [5.41, 5.74) is 2.44. The molecule has 3 rings (SSSR count). The van der Waals surface area contributed by atoms with E-state index in [0.717, 1.165) is 16.0 Å². The first-order valence-corrected chi connectivity index (χ1v) is 9.43. The van der Waals surface area contributed by atoms with Gasteiger partial charge in [-0.25, -0.2) is 4.79 Å². The number of hydrogen-bond donors (Lipinski definition) is 1. The number of hydrogen-bond acceptors (Lipinski definition) is 3. The predicted octanol–water partition coefficient (Wildman–Crippen LogP) is 4.85. The normalized spacial score (nSPS) is 13.5. The van der Waals surface area contributed by atoms with Gasteiger partial charge in [0.15, 0.2) is 5.60 Å². The van der Waals surface area contributed by atoms with Crippen LogP contribution in [0, 0.1) is 13.8 Å². The van der Waals surface area contributed by atoms with E-state index >= 15 is 0 Å². The molecule has 1 N–H and O–H groups in total. The molecule has 0 saturated heterocycles. The number of carboxylic acids is 1. The highest BCUT2D eigenvalue weighted by Crippen LogP contribution is 2.34. The summed E-state index contributed by atoms with van der Waals surface area (Å²) in [5.74, 6) is -0.979. The average Bonchev–Trinajstić information content (AvgIpc) is 3.26. The Morgan fingerprint density at radius 1 is 1.23 bits per heavy atom. The number of ether oxygens (including phenoxy) is 1. The quantitative estimate of drug-likeness (QED) is 0.648. The third kappa shape index (κ3) is 3.74. The third-order valence-electron chi connectivity index (χ3n) is 4.58. The molecule has 2 aromatic heterocycles. The Morgan fingerprint density at radius 2 is 1.96 bits per heavy atom. The van der Waals surface area contributed by atoms with Crippen LogP contribution in [0.1, 0.15) is 23.6 Å². The molecule has 0 saturated carbocycles. The van der Waals surface area contributed by atoms with Gasteiger partial charge in [0.05, 0.1) is 6.61 Å². The maximum Gasteiger partial charge on any atom is 0.340 e. The molecule has 0 bridgehead atoms. The number of thiophene rings is 1. The number of aliphatic carboxylic acids is 1. The van der Waals surface area contributed by atoms with E-state index in [1.807, 2.05) is 54.2 Å². The van der Waals surface area contributed by atoms with Crippen LogP contribution in [-0.2, 0) is 21.7 Å². The van der Waals surface area contributed by atoms with E-state index in [-0.39, 0.29) is 0 Å². The maximum atomic E-state index is 12.1. The summed E-state index contributed by atoms with van der Waals surface area (Å²) < 4.78 is 7.88. The molecule has 0 fully saturated rings. The van der Waals surface area contributed by atoms with Crippen LogP contribution in [0.3, 0.4) is 0 Å². The molecule has 0 aliphatic rings. The molecule has 2 heterocycles. The summed E-state index contributed by atoms with van der Waals surface area (Å²) in [7, 11) is 0. The van der Waals surface area contributed by atoms with Crippen molar-refractivity contribution in [3.05, 3.63) is 70.9 Å². The Labute approximate surface area is 157 Å². The van der Waals surface area contributed by atoms with Crippen molar-refractivity contribution in [3.8, 4) is 10.4 Å². The molecule has 1 atom stereocenters. The molecular formula is C21H23NO3S. The lowest BCUT2D eigenvalue weighted by atomic mass is 9.90. The highest BCUT2D eigenvalue weighted by Gasteiger charge is 2.38. The van der Waals surface area contributed by atoms with Crippen LogP contribution in [0.4, 0.5) is 0 Å². The summed E-state index contributed by atoms with van der Waals surface area (Å²) in [5, 5.41) is 12.0. The van der Waals surface area contributed by atoms with Crippen molar-refractivity contribution < 1.29 is 14.6 Å². The second-order valence-corrected chi connectivity index (χ2v) is 7.54. The Kier molecular flexibility index (Phi) is 5.30. The van der Waals surface area contributed by atoms with Gasteiger partial charge in [-0.2, -0.15) is 0 Å². The van der Waals surface area contributed by atoms with Crippen molar-refractivity contribution in [2.24, 2.45) is 0 Å². The first-order chi connectivity index (χ1) is 12.4. The van der Waals surface area contributed by atoms with Gasteiger partial charge in [-0.3, -0.25) is 0 Å². The SMILES string of the molecule is Cc1csc(-c2ccc(C)c(C(C)(OCCn3cccc3)C(=O)O)c2)c1. The lowest BCUT2D eigenvalue weighted by molar-refractivity contribution is -0.165. The molecule has 26 heavy (non-hydrogen) atoms. The van der Waals surface area contributed by atoms with Gasteiger partial charge in [-0.1, -0.05) is 12.1 Å². The summed E-state index contributed by atoms with van der Waals surface area (Å²) in [6, 6.07) is 11.9. The van der Waals surface area contributed by atoms with E-state index in [9.17, 15) is 9.90 Å². The van der Waals surface area contributed by atoms with Crippen LogP contribution in [0.2, 0.25) is 0 Å². The van der Waals surface area contributed by atoms with Crippen molar-refractivity contribution >= 4 is 17.3 Å². The van der Waals surface area contributed by atoms with Crippen molar-refractivity contribution in [3.63, 3.8) is 0 Å². The molecule has 0 aliphatic heterocycles. The molecule has 0 spiro atoms. The van der Waals surface area contributed by atoms with Crippen LogP contribution < -0.4 is 0 Å². The van der Waals surface area contributed by atoms with Gasteiger partial charge in [0.1, 0.15) is 0 Å². The minimum atomic E-state index is -1.39. The number of benzene rings is 1. The van der Waals surface area contributed by atoms with Crippen LogP contribution in [0.15, 0.2) is 54.2 Å². The van der Waals surface area contributed by atoms with Crippen molar-refractivity contribution in [1.29, 1.82) is 0 Å². The van der Waals surface area contributed by atoms with Crippen LogP contribution in [0.5, 0.6) is 0 Å². The zero-order valence-corrected chi connectivity index (χ0v) is 16.0. The van der Waals surface area contributed by atoms with E-state index in [1.165, 1.54) is 5.56 Å². The topological polar surface area (TPSA) is 51.5 Å². The monoisotopic (exact) mass is 369 g/mol. The van der Waals surface area contributed by atoms with Gasteiger partial charge in [-0.15, -0.1) is 11.3 Å². The summed E-state index contributed by atoms with van der Waals surface area (Å²) >= 11 is 1.66. The Morgan fingerprint density at radius 3 is 2.58 bits per heavy atom. The van der Waals surface area contributed by atoms with Crippen molar-refractivity contribution in [1.82, 2.24) is 4.57 Å². The van der Waals surface area contributed by atoms with Crippen LogP contribution in [0.25, 0.3) is 10.4 Å². The molecule has 3 aromatic rings. The fourth-order valence-electron chi connectivity index (χ4n) is 3.00. The zero-order valence-electron chi connectivity index (χ0n) is 15.2. The minimum absolute atomic E-state index is 0.319. The smallest absolute Gasteiger partial charge is 0.340 e.